The zero-order valence-electron chi connectivity index (χ0n) is 15.9. The summed E-state index contributed by atoms with van der Waals surface area (Å²) in [4.78, 5) is 18.0. The van der Waals surface area contributed by atoms with E-state index in [0.717, 1.165) is 38.2 Å². The van der Waals surface area contributed by atoms with Crippen molar-refractivity contribution in [3.8, 4) is 16.3 Å². The molecule has 4 rings (SSSR count). The summed E-state index contributed by atoms with van der Waals surface area (Å²) in [5, 5.41) is 3.95. The van der Waals surface area contributed by atoms with Crippen LogP contribution in [0.1, 0.15) is 6.42 Å². The number of thioether (sulfide) groups is 1. The predicted octanol–water partition coefficient (Wildman–Crippen LogP) is 6.09. The van der Waals surface area contributed by atoms with Gasteiger partial charge in [0.05, 0.1) is 17.3 Å². The van der Waals surface area contributed by atoms with Gasteiger partial charge in [-0.3, -0.25) is 4.79 Å². The van der Waals surface area contributed by atoms with E-state index in [2.05, 4.69) is 16.4 Å². The van der Waals surface area contributed by atoms with Crippen molar-refractivity contribution in [3.05, 3.63) is 72.8 Å². The lowest BCUT2D eigenvalue weighted by atomic mass is 10.2. The molecule has 0 saturated carbocycles. The first-order valence-corrected chi connectivity index (χ1v) is 11.0. The Morgan fingerprint density at radius 2 is 1.79 bits per heavy atom. The van der Waals surface area contributed by atoms with Gasteiger partial charge < -0.3 is 10.1 Å². The number of anilines is 1. The smallest absolute Gasteiger partial charge is 0.225 e. The maximum absolute atomic E-state index is 12.2. The molecule has 29 heavy (non-hydrogen) atoms. The topological polar surface area (TPSA) is 51.2 Å². The molecule has 0 saturated heterocycles. The molecule has 0 unspecified atom stereocenters. The van der Waals surface area contributed by atoms with Gasteiger partial charge in [-0.2, -0.15) is 0 Å². The minimum atomic E-state index is 0.0127. The zero-order chi connectivity index (χ0) is 20.1. The van der Waals surface area contributed by atoms with E-state index in [4.69, 9.17) is 4.74 Å². The van der Waals surface area contributed by atoms with Gasteiger partial charge in [0.1, 0.15) is 10.8 Å². The molecule has 1 amide bonds. The molecule has 6 heteroatoms. The fourth-order valence-corrected chi connectivity index (χ4v) is 4.67. The molecule has 0 spiro atoms. The van der Waals surface area contributed by atoms with Crippen LogP contribution in [-0.2, 0) is 4.79 Å². The molecule has 0 atom stereocenters. The Morgan fingerprint density at radius 3 is 2.52 bits per heavy atom. The number of rotatable bonds is 7. The number of nitrogens with one attached hydrogen (secondary N) is 1. The number of para-hydroxylation sites is 1. The largest absolute Gasteiger partial charge is 0.497 e. The van der Waals surface area contributed by atoms with E-state index >= 15 is 0 Å². The lowest BCUT2D eigenvalue weighted by Gasteiger charge is -2.06. The van der Waals surface area contributed by atoms with Crippen LogP contribution < -0.4 is 10.1 Å². The summed E-state index contributed by atoms with van der Waals surface area (Å²) < 4.78 is 6.33. The van der Waals surface area contributed by atoms with E-state index in [0.29, 0.717) is 6.42 Å². The van der Waals surface area contributed by atoms with Crippen LogP contribution in [0.3, 0.4) is 0 Å². The van der Waals surface area contributed by atoms with Gasteiger partial charge in [-0.05, 0) is 60.7 Å². The third-order valence-electron chi connectivity index (χ3n) is 4.37. The van der Waals surface area contributed by atoms with E-state index in [1.54, 1.807) is 30.2 Å². The van der Waals surface area contributed by atoms with Gasteiger partial charge in [0.2, 0.25) is 5.91 Å². The third kappa shape index (κ3) is 4.96. The van der Waals surface area contributed by atoms with Crippen LogP contribution >= 0.6 is 23.1 Å². The first-order valence-electron chi connectivity index (χ1n) is 9.24. The number of aromatic nitrogens is 1. The lowest BCUT2D eigenvalue weighted by molar-refractivity contribution is -0.115. The van der Waals surface area contributed by atoms with Crippen LogP contribution in [0, 0.1) is 0 Å². The van der Waals surface area contributed by atoms with E-state index < -0.39 is 0 Å². The summed E-state index contributed by atoms with van der Waals surface area (Å²) in [6.45, 7) is 0. The predicted molar refractivity (Wildman–Crippen MR) is 122 cm³/mol. The minimum absolute atomic E-state index is 0.0127. The van der Waals surface area contributed by atoms with Crippen molar-refractivity contribution in [2.75, 3.05) is 18.2 Å². The summed E-state index contributed by atoms with van der Waals surface area (Å²) in [6, 6.07) is 23.8. The number of carbonyl (C=O) groups is 1. The summed E-state index contributed by atoms with van der Waals surface area (Å²) in [5.74, 6) is 1.57. The van der Waals surface area contributed by atoms with Crippen LogP contribution in [0.25, 0.3) is 20.8 Å². The first-order chi connectivity index (χ1) is 14.2. The molecule has 1 aromatic heterocycles. The number of benzene rings is 3. The Kier molecular flexibility index (Phi) is 6.12. The minimum Gasteiger partial charge on any atom is -0.497 e. The molecule has 0 bridgehead atoms. The van der Waals surface area contributed by atoms with Gasteiger partial charge in [-0.15, -0.1) is 23.1 Å². The number of thiazole rings is 1. The summed E-state index contributed by atoms with van der Waals surface area (Å²) in [7, 11) is 1.65. The van der Waals surface area contributed by atoms with Gasteiger partial charge in [-0.25, -0.2) is 4.98 Å². The molecule has 1 heterocycles. The molecule has 1 N–H and O–H groups in total. The molecule has 0 aliphatic rings. The molecule has 4 nitrogen and oxygen atoms in total. The Bertz CT molecular complexity index is 1070. The highest BCUT2D eigenvalue weighted by Crippen LogP contribution is 2.30. The molecule has 4 aromatic rings. The van der Waals surface area contributed by atoms with Crippen molar-refractivity contribution in [3.63, 3.8) is 0 Å². The number of nitrogens with zero attached hydrogens (tertiary/aromatic N) is 1. The third-order valence-corrected chi connectivity index (χ3v) is 6.47. The Morgan fingerprint density at radius 1 is 1.03 bits per heavy atom. The van der Waals surface area contributed by atoms with Crippen LogP contribution in [0.15, 0.2) is 77.7 Å². The van der Waals surface area contributed by atoms with Crippen LogP contribution in [-0.4, -0.2) is 23.8 Å². The highest BCUT2D eigenvalue weighted by atomic mass is 32.2. The quantitative estimate of drug-likeness (QED) is 0.367. The number of carbonyl (C=O) groups excluding carboxylic acids is 1. The maximum atomic E-state index is 12.2. The average molecular weight is 421 g/mol. The molecule has 0 fully saturated rings. The Hall–Kier alpha value is -2.83. The standard InChI is InChI=1S/C23H20N2O2S2/c1-27-18-10-12-19(13-11-18)28-15-14-22(26)24-17-8-6-16(7-9-17)23-25-20-4-2-3-5-21(20)29-23/h2-13H,14-15H2,1H3,(H,24,26). The van der Waals surface area contributed by atoms with Gasteiger partial charge in [0, 0.05) is 28.3 Å². The van der Waals surface area contributed by atoms with Crippen LogP contribution in [0.4, 0.5) is 5.69 Å². The van der Waals surface area contributed by atoms with Crippen molar-refractivity contribution in [1.29, 1.82) is 0 Å². The first kappa shape index (κ1) is 19.5. The number of amides is 1. The number of hydrogen-bond acceptors (Lipinski definition) is 5. The fraction of sp³-hybridized carbons (Fsp3) is 0.130. The number of methoxy groups -OCH3 is 1. The van der Waals surface area contributed by atoms with Gasteiger partial charge >= 0.3 is 0 Å². The average Bonchev–Trinajstić information content (AvgIpc) is 3.19. The monoisotopic (exact) mass is 420 g/mol. The van der Waals surface area contributed by atoms with E-state index in [1.165, 1.54) is 4.70 Å². The maximum Gasteiger partial charge on any atom is 0.225 e. The Balaban J connectivity index is 1.30. The van der Waals surface area contributed by atoms with E-state index in [1.807, 2.05) is 66.7 Å². The number of ether oxygens (including phenoxy) is 1. The highest BCUT2D eigenvalue weighted by molar-refractivity contribution is 7.99. The van der Waals surface area contributed by atoms with Crippen LogP contribution in [0.2, 0.25) is 0 Å². The summed E-state index contributed by atoms with van der Waals surface area (Å²) in [6.07, 6.45) is 0.455. The molecule has 0 radical (unpaired) electrons. The summed E-state index contributed by atoms with van der Waals surface area (Å²) in [5.41, 5.74) is 2.87. The second-order valence-electron chi connectivity index (χ2n) is 6.39. The van der Waals surface area contributed by atoms with Crippen molar-refractivity contribution >= 4 is 44.9 Å². The van der Waals surface area contributed by atoms with Gasteiger partial charge in [-0.1, -0.05) is 12.1 Å². The SMILES string of the molecule is COc1ccc(SCCC(=O)Nc2ccc(-c3nc4ccccc4s3)cc2)cc1. The molecule has 3 aromatic carbocycles. The second-order valence-corrected chi connectivity index (χ2v) is 8.59. The molecular formula is C23H20N2O2S2. The van der Waals surface area contributed by atoms with E-state index in [9.17, 15) is 4.79 Å². The summed E-state index contributed by atoms with van der Waals surface area (Å²) >= 11 is 3.33. The zero-order valence-corrected chi connectivity index (χ0v) is 17.6. The number of hydrogen-bond donors (Lipinski definition) is 1. The van der Waals surface area contributed by atoms with Gasteiger partial charge in [0.25, 0.3) is 0 Å². The van der Waals surface area contributed by atoms with Crippen molar-refractivity contribution in [2.24, 2.45) is 0 Å². The fourth-order valence-electron chi connectivity index (χ4n) is 2.85. The van der Waals surface area contributed by atoms with Crippen LogP contribution in [0.5, 0.6) is 5.75 Å². The molecule has 0 aliphatic carbocycles. The van der Waals surface area contributed by atoms with Gasteiger partial charge in [0.15, 0.2) is 0 Å². The lowest BCUT2D eigenvalue weighted by Crippen LogP contribution is -2.12. The number of fused-ring (bicyclic) bond motifs is 1. The highest BCUT2D eigenvalue weighted by Gasteiger charge is 2.07. The molecule has 146 valence electrons. The van der Waals surface area contributed by atoms with E-state index in [-0.39, 0.29) is 5.91 Å². The van der Waals surface area contributed by atoms with Crippen molar-refractivity contribution in [1.82, 2.24) is 4.98 Å². The molecule has 0 aliphatic heterocycles. The van der Waals surface area contributed by atoms with Crippen molar-refractivity contribution < 1.29 is 9.53 Å². The van der Waals surface area contributed by atoms with Crippen molar-refractivity contribution in [2.45, 2.75) is 11.3 Å². The normalized spacial score (nSPS) is 10.8. The Labute approximate surface area is 177 Å². The second kappa shape index (κ2) is 9.11. The molecular weight excluding hydrogens is 400 g/mol.